The van der Waals surface area contributed by atoms with E-state index in [9.17, 15) is 24.0 Å². The standard InChI is InChI=1S/C17H16N4O5/c1-8-13(9(2)19-17(26)18-8)15(24)20-12(22)7-21-11-6-4-3-5-10(11)14(23)16(21)25/h3-6,8H,7H2,1-2H3,(H2,18,19,26)(H,20,22,24). The van der Waals surface area contributed by atoms with Gasteiger partial charge in [0.25, 0.3) is 17.6 Å². The van der Waals surface area contributed by atoms with Gasteiger partial charge in [0.15, 0.2) is 0 Å². The highest BCUT2D eigenvalue weighted by Gasteiger charge is 2.37. The number of nitrogens with zero attached hydrogens (tertiary/aromatic N) is 1. The van der Waals surface area contributed by atoms with Crippen LogP contribution in [-0.4, -0.2) is 42.1 Å². The number of nitrogens with one attached hydrogen (secondary N) is 3. The Bertz CT molecular complexity index is 889. The van der Waals surface area contributed by atoms with Gasteiger partial charge in [0.1, 0.15) is 6.54 Å². The van der Waals surface area contributed by atoms with Crippen molar-refractivity contribution in [3.05, 3.63) is 41.1 Å². The molecule has 0 fully saturated rings. The van der Waals surface area contributed by atoms with E-state index in [0.717, 1.165) is 4.90 Å². The normalized spacial score (nSPS) is 19.1. The van der Waals surface area contributed by atoms with E-state index in [1.807, 2.05) is 0 Å². The number of para-hydroxylation sites is 1. The smallest absolute Gasteiger partial charge is 0.319 e. The molecule has 0 aromatic heterocycles. The van der Waals surface area contributed by atoms with E-state index in [-0.39, 0.29) is 11.1 Å². The zero-order valence-electron chi connectivity index (χ0n) is 14.1. The fourth-order valence-corrected chi connectivity index (χ4v) is 3.02. The first kappa shape index (κ1) is 17.3. The number of hydrogen-bond acceptors (Lipinski definition) is 5. The fraction of sp³-hybridized carbons (Fsp3) is 0.235. The predicted octanol–water partition coefficient (Wildman–Crippen LogP) is -0.166. The van der Waals surface area contributed by atoms with Gasteiger partial charge in [-0.15, -0.1) is 0 Å². The molecule has 0 saturated carbocycles. The van der Waals surface area contributed by atoms with Gasteiger partial charge >= 0.3 is 6.03 Å². The highest BCUT2D eigenvalue weighted by molar-refractivity contribution is 6.52. The third kappa shape index (κ3) is 2.94. The number of urea groups is 1. The number of benzene rings is 1. The number of fused-ring (bicyclic) bond motifs is 1. The molecule has 134 valence electrons. The van der Waals surface area contributed by atoms with Crippen LogP contribution in [0.3, 0.4) is 0 Å². The molecule has 0 radical (unpaired) electrons. The van der Waals surface area contributed by atoms with Gasteiger partial charge in [-0.2, -0.15) is 0 Å². The van der Waals surface area contributed by atoms with Crippen molar-refractivity contribution in [3.8, 4) is 0 Å². The Balaban J connectivity index is 1.73. The van der Waals surface area contributed by atoms with Crippen molar-refractivity contribution in [3.63, 3.8) is 0 Å². The van der Waals surface area contributed by atoms with E-state index in [4.69, 9.17) is 0 Å². The second kappa shape index (κ2) is 6.43. The number of Topliss-reactive ketones (excluding diaryl/α,β-unsaturated/α-hetero) is 1. The van der Waals surface area contributed by atoms with Gasteiger partial charge in [-0.25, -0.2) is 4.79 Å². The number of allylic oxidation sites excluding steroid dienone is 1. The van der Waals surface area contributed by atoms with E-state index >= 15 is 0 Å². The van der Waals surface area contributed by atoms with E-state index in [1.54, 1.807) is 32.0 Å². The molecule has 0 bridgehead atoms. The molecular weight excluding hydrogens is 340 g/mol. The summed E-state index contributed by atoms with van der Waals surface area (Å²) in [5, 5.41) is 7.17. The topological polar surface area (TPSA) is 125 Å². The molecule has 1 aromatic rings. The first-order valence-corrected chi connectivity index (χ1v) is 7.87. The Morgan fingerprint density at radius 1 is 1.19 bits per heavy atom. The molecule has 5 amide bonds. The summed E-state index contributed by atoms with van der Waals surface area (Å²) in [7, 11) is 0. The first-order chi connectivity index (χ1) is 12.3. The molecule has 1 aromatic carbocycles. The maximum atomic E-state index is 12.3. The third-order valence-electron chi connectivity index (χ3n) is 4.16. The minimum atomic E-state index is -0.816. The lowest BCUT2D eigenvalue weighted by Crippen LogP contribution is -2.51. The quantitative estimate of drug-likeness (QED) is 0.649. The van der Waals surface area contributed by atoms with Gasteiger partial charge in [-0.05, 0) is 26.0 Å². The average molecular weight is 356 g/mol. The molecular formula is C17H16N4O5. The Labute approximate surface area is 148 Å². The van der Waals surface area contributed by atoms with Crippen LogP contribution in [0.15, 0.2) is 35.5 Å². The molecule has 0 aliphatic carbocycles. The summed E-state index contributed by atoms with van der Waals surface area (Å²) in [5.74, 6) is -2.92. The highest BCUT2D eigenvalue weighted by Crippen LogP contribution is 2.28. The average Bonchev–Trinajstić information content (AvgIpc) is 2.79. The molecule has 9 heteroatoms. The summed E-state index contributed by atoms with van der Waals surface area (Å²) < 4.78 is 0. The van der Waals surface area contributed by atoms with Crippen molar-refractivity contribution in [2.75, 3.05) is 11.4 Å². The number of rotatable bonds is 3. The molecule has 3 rings (SSSR count). The summed E-state index contributed by atoms with van der Waals surface area (Å²) in [6, 6.07) is 5.32. The van der Waals surface area contributed by atoms with Crippen LogP contribution in [0.4, 0.5) is 10.5 Å². The van der Waals surface area contributed by atoms with E-state index in [1.165, 1.54) is 6.07 Å². The zero-order chi connectivity index (χ0) is 19.0. The Morgan fingerprint density at radius 3 is 2.58 bits per heavy atom. The van der Waals surface area contributed by atoms with Gasteiger partial charge in [-0.1, -0.05) is 12.1 Å². The van der Waals surface area contributed by atoms with Crippen LogP contribution in [0, 0.1) is 0 Å². The Morgan fingerprint density at radius 2 is 1.88 bits per heavy atom. The molecule has 1 unspecified atom stereocenters. The van der Waals surface area contributed by atoms with Gasteiger partial charge in [0.2, 0.25) is 5.91 Å². The van der Waals surface area contributed by atoms with Crippen molar-refractivity contribution in [1.29, 1.82) is 0 Å². The zero-order valence-corrected chi connectivity index (χ0v) is 14.1. The van der Waals surface area contributed by atoms with E-state index < -0.39 is 42.1 Å². The summed E-state index contributed by atoms with van der Waals surface area (Å²) in [4.78, 5) is 61.0. The van der Waals surface area contributed by atoms with Crippen LogP contribution >= 0.6 is 0 Å². The fourth-order valence-electron chi connectivity index (χ4n) is 3.02. The third-order valence-corrected chi connectivity index (χ3v) is 4.16. The van der Waals surface area contributed by atoms with Crippen LogP contribution in [0.5, 0.6) is 0 Å². The van der Waals surface area contributed by atoms with Crippen molar-refractivity contribution in [1.82, 2.24) is 16.0 Å². The van der Waals surface area contributed by atoms with Gasteiger partial charge in [0, 0.05) is 5.70 Å². The number of carbonyl (C=O) groups excluding carboxylic acids is 5. The molecule has 9 nitrogen and oxygen atoms in total. The molecule has 0 spiro atoms. The van der Waals surface area contributed by atoms with Crippen molar-refractivity contribution >= 4 is 35.2 Å². The largest absolute Gasteiger partial charge is 0.331 e. The molecule has 2 aliphatic rings. The molecule has 2 heterocycles. The summed E-state index contributed by atoms with van der Waals surface area (Å²) >= 11 is 0. The van der Waals surface area contributed by atoms with Crippen molar-refractivity contribution < 1.29 is 24.0 Å². The van der Waals surface area contributed by atoms with Crippen LogP contribution in [0.25, 0.3) is 0 Å². The second-order valence-corrected chi connectivity index (χ2v) is 5.97. The highest BCUT2D eigenvalue weighted by atomic mass is 16.2. The van der Waals surface area contributed by atoms with Crippen LogP contribution < -0.4 is 20.9 Å². The maximum Gasteiger partial charge on any atom is 0.319 e. The van der Waals surface area contributed by atoms with Crippen molar-refractivity contribution in [2.24, 2.45) is 0 Å². The summed E-state index contributed by atoms with van der Waals surface area (Å²) in [6.07, 6.45) is 0. The second-order valence-electron chi connectivity index (χ2n) is 5.97. The number of carbonyl (C=O) groups is 5. The number of anilines is 1. The number of hydrogen-bond donors (Lipinski definition) is 3. The first-order valence-electron chi connectivity index (χ1n) is 7.87. The molecule has 26 heavy (non-hydrogen) atoms. The Kier molecular flexibility index (Phi) is 4.29. The lowest BCUT2D eigenvalue weighted by atomic mass is 10.0. The number of amides is 5. The van der Waals surface area contributed by atoms with Crippen LogP contribution in [-0.2, 0) is 14.4 Å². The summed E-state index contributed by atoms with van der Waals surface area (Å²) in [6.45, 7) is 2.70. The van der Waals surface area contributed by atoms with Gasteiger partial charge in [0.05, 0.1) is 22.9 Å². The Hall–Kier alpha value is -3.49. The van der Waals surface area contributed by atoms with Gasteiger partial charge < -0.3 is 10.6 Å². The predicted molar refractivity (Wildman–Crippen MR) is 90.1 cm³/mol. The lowest BCUT2D eigenvalue weighted by Gasteiger charge is -2.25. The lowest BCUT2D eigenvalue weighted by molar-refractivity contribution is -0.128. The molecule has 0 saturated heterocycles. The van der Waals surface area contributed by atoms with Crippen LogP contribution in [0.2, 0.25) is 0 Å². The van der Waals surface area contributed by atoms with Crippen LogP contribution in [0.1, 0.15) is 24.2 Å². The number of ketones is 1. The molecule has 1 atom stereocenters. The summed E-state index contributed by atoms with van der Waals surface area (Å²) in [5.41, 5.74) is 1.11. The van der Waals surface area contributed by atoms with E-state index in [0.29, 0.717) is 11.4 Å². The molecule has 2 aliphatic heterocycles. The minimum absolute atomic E-state index is 0.210. The SMILES string of the molecule is CC1=C(C(=O)NC(=O)CN2C(=O)C(=O)c3ccccc32)C(C)NC(=O)N1. The van der Waals surface area contributed by atoms with E-state index in [2.05, 4.69) is 16.0 Å². The van der Waals surface area contributed by atoms with Crippen molar-refractivity contribution in [2.45, 2.75) is 19.9 Å². The molecule has 3 N–H and O–H groups in total. The minimum Gasteiger partial charge on any atom is -0.331 e. The maximum absolute atomic E-state index is 12.3. The number of imide groups is 1. The monoisotopic (exact) mass is 356 g/mol. The van der Waals surface area contributed by atoms with Gasteiger partial charge in [-0.3, -0.25) is 29.4 Å².